The van der Waals surface area contributed by atoms with Crippen LogP contribution in [-0.2, 0) is 16.1 Å². The SMILES string of the molecule is NC(=O)C1CCCN(C(=O)C2CNCc3ccccc32)C1. The third-order valence-corrected chi connectivity index (χ3v) is 4.53. The monoisotopic (exact) mass is 287 g/mol. The molecule has 2 aliphatic heterocycles. The summed E-state index contributed by atoms with van der Waals surface area (Å²) < 4.78 is 0. The predicted octanol–water partition coefficient (Wildman–Crippen LogP) is 0.597. The number of nitrogens with zero attached hydrogens (tertiary/aromatic N) is 1. The fourth-order valence-corrected chi connectivity index (χ4v) is 3.35. The zero-order valence-corrected chi connectivity index (χ0v) is 12.0. The lowest BCUT2D eigenvalue weighted by atomic mass is 9.88. The topological polar surface area (TPSA) is 75.4 Å². The lowest BCUT2D eigenvalue weighted by Gasteiger charge is -2.35. The van der Waals surface area contributed by atoms with E-state index in [-0.39, 0.29) is 23.7 Å². The summed E-state index contributed by atoms with van der Waals surface area (Å²) in [7, 11) is 0. The van der Waals surface area contributed by atoms with Gasteiger partial charge >= 0.3 is 0 Å². The number of rotatable bonds is 2. The average Bonchev–Trinajstić information content (AvgIpc) is 2.53. The van der Waals surface area contributed by atoms with Crippen LogP contribution in [0.5, 0.6) is 0 Å². The van der Waals surface area contributed by atoms with Crippen LogP contribution in [0.25, 0.3) is 0 Å². The summed E-state index contributed by atoms with van der Waals surface area (Å²) in [5.74, 6) is -0.536. The Bertz CT molecular complexity index is 558. The number of carbonyl (C=O) groups excluding carboxylic acids is 2. The van der Waals surface area contributed by atoms with Crippen LogP contribution in [0, 0.1) is 5.92 Å². The van der Waals surface area contributed by atoms with E-state index in [2.05, 4.69) is 11.4 Å². The smallest absolute Gasteiger partial charge is 0.231 e. The van der Waals surface area contributed by atoms with Gasteiger partial charge in [-0.05, 0) is 24.0 Å². The Balaban J connectivity index is 1.78. The molecule has 0 aromatic heterocycles. The molecule has 2 atom stereocenters. The van der Waals surface area contributed by atoms with Crippen LogP contribution in [0.15, 0.2) is 24.3 Å². The number of piperidine rings is 1. The maximum absolute atomic E-state index is 12.8. The van der Waals surface area contributed by atoms with Crippen molar-refractivity contribution in [3.63, 3.8) is 0 Å². The van der Waals surface area contributed by atoms with Gasteiger partial charge in [0.2, 0.25) is 11.8 Å². The van der Waals surface area contributed by atoms with Crippen molar-refractivity contribution in [2.75, 3.05) is 19.6 Å². The molecule has 2 aliphatic rings. The van der Waals surface area contributed by atoms with Crippen LogP contribution in [0.4, 0.5) is 0 Å². The van der Waals surface area contributed by atoms with E-state index in [1.807, 2.05) is 23.1 Å². The van der Waals surface area contributed by atoms with Gasteiger partial charge in [-0.1, -0.05) is 24.3 Å². The molecule has 112 valence electrons. The second-order valence-electron chi connectivity index (χ2n) is 5.91. The third kappa shape index (κ3) is 2.78. The Morgan fingerprint density at radius 1 is 1.29 bits per heavy atom. The molecule has 0 radical (unpaired) electrons. The molecule has 1 fully saturated rings. The second-order valence-corrected chi connectivity index (χ2v) is 5.91. The summed E-state index contributed by atoms with van der Waals surface area (Å²) in [6.07, 6.45) is 1.64. The van der Waals surface area contributed by atoms with Crippen molar-refractivity contribution in [2.45, 2.75) is 25.3 Å². The molecule has 5 heteroatoms. The summed E-state index contributed by atoms with van der Waals surface area (Å²) >= 11 is 0. The second kappa shape index (κ2) is 5.85. The van der Waals surface area contributed by atoms with Gasteiger partial charge in [-0.3, -0.25) is 9.59 Å². The molecular weight excluding hydrogens is 266 g/mol. The fraction of sp³-hybridized carbons (Fsp3) is 0.500. The van der Waals surface area contributed by atoms with Gasteiger partial charge in [-0.25, -0.2) is 0 Å². The van der Waals surface area contributed by atoms with Gasteiger partial charge in [0.15, 0.2) is 0 Å². The van der Waals surface area contributed by atoms with E-state index >= 15 is 0 Å². The first-order valence-corrected chi connectivity index (χ1v) is 7.53. The molecular formula is C16H21N3O2. The van der Waals surface area contributed by atoms with E-state index in [0.717, 1.165) is 31.5 Å². The number of likely N-dealkylation sites (tertiary alicyclic amines) is 1. The molecule has 21 heavy (non-hydrogen) atoms. The van der Waals surface area contributed by atoms with Gasteiger partial charge in [-0.15, -0.1) is 0 Å². The zero-order valence-electron chi connectivity index (χ0n) is 12.0. The first kappa shape index (κ1) is 14.1. The van der Waals surface area contributed by atoms with E-state index < -0.39 is 0 Å². The Kier molecular flexibility index (Phi) is 3.92. The van der Waals surface area contributed by atoms with E-state index in [0.29, 0.717) is 13.1 Å². The minimum absolute atomic E-state index is 0.112. The van der Waals surface area contributed by atoms with Crippen molar-refractivity contribution in [1.29, 1.82) is 0 Å². The summed E-state index contributed by atoms with van der Waals surface area (Å²) in [5, 5.41) is 3.31. The Morgan fingerprint density at radius 2 is 2.10 bits per heavy atom. The van der Waals surface area contributed by atoms with Crippen molar-refractivity contribution in [3.8, 4) is 0 Å². The number of benzene rings is 1. The number of primary amides is 1. The largest absolute Gasteiger partial charge is 0.369 e. The van der Waals surface area contributed by atoms with Crippen molar-refractivity contribution < 1.29 is 9.59 Å². The van der Waals surface area contributed by atoms with E-state index in [1.54, 1.807) is 0 Å². The first-order chi connectivity index (χ1) is 10.2. The lowest BCUT2D eigenvalue weighted by Crippen LogP contribution is -2.48. The van der Waals surface area contributed by atoms with Crippen LogP contribution in [-0.4, -0.2) is 36.3 Å². The summed E-state index contributed by atoms with van der Waals surface area (Å²) in [4.78, 5) is 26.0. The van der Waals surface area contributed by atoms with E-state index in [9.17, 15) is 9.59 Å². The number of fused-ring (bicyclic) bond motifs is 1. The fourth-order valence-electron chi connectivity index (χ4n) is 3.35. The van der Waals surface area contributed by atoms with Gasteiger partial charge in [0.25, 0.3) is 0 Å². The molecule has 2 unspecified atom stereocenters. The summed E-state index contributed by atoms with van der Waals surface area (Å²) in [5.41, 5.74) is 7.69. The number of amides is 2. The summed E-state index contributed by atoms with van der Waals surface area (Å²) in [6, 6.07) is 8.07. The molecule has 2 heterocycles. The number of carbonyl (C=O) groups is 2. The predicted molar refractivity (Wildman–Crippen MR) is 79.4 cm³/mol. The van der Waals surface area contributed by atoms with Crippen molar-refractivity contribution in [1.82, 2.24) is 10.2 Å². The number of hydrogen-bond acceptors (Lipinski definition) is 3. The molecule has 1 aromatic carbocycles. The quantitative estimate of drug-likeness (QED) is 0.836. The highest BCUT2D eigenvalue weighted by atomic mass is 16.2. The number of nitrogens with two attached hydrogens (primary N) is 1. The Hall–Kier alpha value is -1.88. The average molecular weight is 287 g/mol. The van der Waals surface area contributed by atoms with Gasteiger partial charge in [0.05, 0.1) is 11.8 Å². The van der Waals surface area contributed by atoms with Crippen LogP contribution < -0.4 is 11.1 Å². The van der Waals surface area contributed by atoms with Crippen molar-refractivity contribution in [2.24, 2.45) is 11.7 Å². The van der Waals surface area contributed by atoms with Gasteiger partial charge in [0.1, 0.15) is 0 Å². The third-order valence-electron chi connectivity index (χ3n) is 4.53. The highest BCUT2D eigenvalue weighted by Gasteiger charge is 2.33. The maximum atomic E-state index is 12.8. The maximum Gasteiger partial charge on any atom is 0.231 e. The lowest BCUT2D eigenvalue weighted by molar-refractivity contribution is -0.136. The number of nitrogens with one attached hydrogen (secondary N) is 1. The van der Waals surface area contributed by atoms with Crippen molar-refractivity contribution in [3.05, 3.63) is 35.4 Å². The molecule has 0 aliphatic carbocycles. The highest BCUT2D eigenvalue weighted by molar-refractivity contribution is 5.86. The van der Waals surface area contributed by atoms with Crippen LogP contribution in [0.1, 0.15) is 29.9 Å². The molecule has 3 N–H and O–H groups in total. The van der Waals surface area contributed by atoms with Gasteiger partial charge in [-0.2, -0.15) is 0 Å². The molecule has 1 aromatic rings. The Labute approximate surface area is 124 Å². The molecule has 3 rings (SSSR count). The normalized spacial score (nSPS) is 25.2. The number of hydrogen-bond donors (Lipinski definition) is 2. The van der Waals surface area contributed by atoms with Crippen LogP contribution in [0.2, 0.25) is 0 Å². The minimum atomic E-state index is -0.297. The molecule has 0 spiro atoms. The zero-order chi connectivity index (χ0) is 14.8. The standard InChI is InChI=1S/C16H21N3O2/c17-15(20)12-5-3-7-19(10-12)16(21)14-9-18-8-11-4-1-2-6-13(11)14/h1-2,4,6,12,14,18H,3,5,7-10H2,(H2,17,20). The minimum Gasteiger partial charge on any atom is -0.369 e. The van der Waals surface area contributed by atoms with Crippen LogP contribution in [0.3, 0.4) is 0 Å². The van der Waals surface area contributed by atoms with Gasteiger partial charge < -0.3 is 16.0 Å². The van der Waals surface area contributed by atoms with Crippen LogP contribution >= 0.6 is 0 Å². The molecule has 0 saturated carbocycles. The van der Waals surface area contributed by atoms with E-state index in [4.69, 9.17) is 5.73 Å². The highest BCUT2D eigenvalue weighted by Crippen LogP contribution is 2.27. The molecule has 5 nitrogen and oxygen atoms in total. The molecule has 1 saturated heterocycles. The first-order valence-electron chi connectivity index (χ1n) is 7.53. The Morgan fingerprint density at radius 3 is 2.90 bits per heavy atom. The van der Waals surface area contributed by atoms with E-state index in [1.165, 1.54) is 5.56 Å². The molecule has 2 amide bonds. The van der Waals surface area contributed by atoms with Crippen molar-refractivity contribution >= 4 is 11.8 Å². The summed E-state index contributed by atoms with van der Waals surface area (Å²) in [6.45, 7) is 2.66. The molecule has 0 bridgehead atoms. The van der Waals surface area contributed by atoms with Gasteiger partial charge in [0, 0.05) is 26.2 Å².